The summed E-state index contributed by atoms with van der Waals surface area (Å²) in [5.74, 6) is -0.407. The Kier molecular flexibility index (Phi) is 8.72. The highest BCUT2D eigenvalue weighted by Crippen LogP contribution is 2.44. The lowest BCUT2D eigenvalue weighted by molar-refractivity contribution is 0.131. The molecule has 0 amide bonds. The van der Waals surface area contributed by atoms with Gasteiger partial charge in [0.15, 0.2) is 11.8 Å². The van der Waals surface area contributed by atoms with Gasteiger partial charge in [0.2, 0.25) is 0 Å². The van der Waals surface area contributed by atoms with Gasteiger partial charge in [-0.25, -0.2) is 9.18 Å². The molecule has 2 aromatic heterocycles. The van der Waals surface area contributed by atoms with Gasteiger partial charge in [-0.05, 0) is 92.1 Å². The van der Waals surface area contributed by atoms with E-state index in [2.05, 4.69) is 20.3 Å². The Morgan fingerprint density at radius 3 is 2.63 bits per heavy atom. The van der Waals surface area contributed by atoms with Crippen LogP contribution >= 0.6 is 11.6 Å². The zero-order chi connectivity index (χ0) is 29.0. The van der Waals surface area contributed by atoms with Crippen LogP contribution in [0.15, 0.2) is 58.4 Å². The molecule has 0 spiro atoms. The molecule has 41 heavy (non-hydrogen) atoms. The highest BCUT2D eigenvalue weighted by molar-refractivity contribution is 6.31. The molecule has 2 heterocycles. The molecule has 1 aliphatic rings. The second kappa shape index (κ2) is 12.4. The molecule has 9 nitrogen and oxygen atoms in total. The smallest absolute Gasteiger partial charge is 0.354 e. The van der Waals surface area contributed by atoms with Crippen LogP contribution in [0.1, 0.15) is 43.2 Å². The number of aryl methyl sites for hydroxylation is 1. The summed E-state index contributed by atoms with van der Waals surface area (Å²) in [7, 11) is 0. The topological polar surface area (TPSA) is 153 Å². The zero-order valence-electron chi connectivity index (χ0n) is 22.9. The van der Waals surface area contributed by atoms with Crippen LogP contribution in [0.3, 0.4) is 0 Å². The Bertz CT molecular complexity index is 1600. The molecule has 0 unspecified atom stereocenters. The first-order valence-electron chi connectivity index (χ1n) is 13.9. The Morgan fingerprint density at radius 2 is 1.95 bits per heavy atom. The van der Waals surface area contributed by atoms with Gasteiger partial charge in [0, 0.05) is 30.2 Å². The number of halogens is 2. The van der Waals surface area contributed by atoms with Crippen molar-refractivity contribution in [3.63, 3.8) is 0 Å². The van der Waals surface area contributed by atoms with Gasteiger partial charge in [-0.1, -0.05) is 30.2 Å². The average molecular weight is 579 g/mol. The van der Waals surface area contributed by atoms with Crippen LogP contribution in [0.25, 0.3) is 28.0 Å². The third kappa shape index (κ3) is 6.61. The molecule has 216 valence electrons. The van der Waals surface area contributed by atoms with Gasteiger partial charge in [-0.2, -0.15) is 4.98 Å². The fourth-order valence-corrected chi connectivity index (χ4v) is 5.61. The molecule has 11 heteroatoms. The number of benzene rings is 2. The van der Waals surface area contributed by atoms with E-state index in [0.717, 1.165) is 49.8 Å². The number of nitrogens with one attached hydrogen (secondary N) is 2. The summed E-state index contributed by atoms with van der Waals surface area (Å²) < 4.78 is 16.7. The van der Waals surface area contributed by atoms with Crippen molar-refractivity contribution in [2.24, 2.45) is 27.6 Å². The largest absolute Gasteiger partial charge is 0.370 e. The number of aromatic amines is 1. The molecule has 1 aliphatic carbocycles. The van der Waals surface area contributed by atoms with Gasteiger partial charge >= 0.3 is 5.69 Å². The molecule has 0 aliphatic heterocycles. The molecule has 0 atom stereocenters. The number of hydrogen-bond acceptors (Lipinski definition) is 5. The van der Waals surface area contributed by atoms with Crippen molar-refractivity contribution in [2.45, 2.75) is 45.1 Å². The summed E-state index contributed by atoms with van der Waals surface area (Å²) in [6.45, 7) is 2.70. The van der Waals surface area contributed by atoms with Gasteiger partial charge < -0.3 is 27.5 Å². The summed E-state index contributed by atoms with van der Waals surface area (Å²) in [5.41, 5.74) is 20.4. The predicted molar refractivity (Wildman–Crippen MR) is 163 cm³/mol. The van der Waals surface area contributed by atoms with Crippen molar-refractivity contribution in [2.75, 3.05) is 19.6 Å². The van der Waals surface area contributed by atoms with Crippen molar-refractivity contribution < 1.29 is 4.39 Å². The van der Waals surface area contributed by atoms with Gasteiger partial charge in [0.05, 0.1) is 16.4 Å². The van der Waals surface area contributed by atoms with E-state index in [-0.39, 0.29) is 16.4 Å². The van der Waals surface area contributed by atoms with Crippen LogP contribution in [0.5, 0.6) is 0 Å². The highest BCUT2D eigenvalue weighted by Gasteiger charge is 2.34. The number of aliphatic imine (C=N–C) groups is 1. The van der Waals surface area contributed by atoms with Crippen molar-refractivity contribution >= 4 is 28.6 Å². The number of nitrogens with two attached hydrogens (primary N) is 3. The molecular formula is C30H36ClFN8O. The van der Waals surface area contributed by atoms with Gasteiger partial charge in [-0.15, -0.1) is 0 Å². The molecule has 0 saturated heterocycles. The van der Waals surface area contributed by atoms with Crippen molar-refractivity contribution in [1.82, 2.24) is 19.9 Å². The third-order valence-corrected chi connectivity index (χ3v) is 8.30. The lowest BCUT2D eigenvalue weighted by Gasteiger charge is -2.41. The molecule has 5 rings (SSSR count). The van der Waals surface area contributed by atoms with Crippen LogP contribution < -0.4 is 28.2 Å². The van der Waals surface area contributed by atoms with E-state index in [0.29, 0.717) is 47.6 Å². The minimum atomic E-state index is -0.505. The van der Waals surface area contributed by atoms with E-state index < -0.39 is 11.5 Å². The number of fused-ring (bicyclic) bond motifs is 1. The number of hydrogen-bond donors (Lipinski definition) is 5. The maximum atomic E-state index is 15.2. The monoisotopic (exact) mass is 578 g/mol. The fourth-order valence-electron chi connectivity index (χ4n) is 5.37. The Morgan fingerprint density at radius 1 is 1.17 bits per heavy atom. The lowest BCUT2D eigenvalue weighted by atomic mass is 9.66. The third-order valence-electron chi connectivity index (χ3n) is 8.03. The van der Waals surface area contributed by atoms with Crippen LogP contribution in [0.4, 0.5) is 4.39 Å². The SMILES string of the molecule is NCC1(CCc2cc(Cl)c(F)c(-c3cc4cn(-c5ccc(CNCCCN=C(N)N)cc5)c(=O)nc4[nH]3)c2)CCC1. The summed E-state index contributed by atoms with van der Waals surface area (Å²) in [5, 5.41) is 4.10. The first-order chi connectivity index (χ1) is 19.8. The number of nitrogens with zero attached hydrogens (tertiary/aromatic N) is 3. The summed E-state index contributed by atoms with van der Waals surface area (Å²) >= 11 is 6.31. The average Bonchev–Trinajstić information content (AvgIpc) is 3.34. The van der Waals surface area contributed by atoms with Crippen molar-refractivity contribution in [3.8, 4) is 16.9 Å². The number of aromatic nitrogens is 3. The molecular weight excluding hydrogens is 543 g/mol. The summed E-state index contributed by atoms with van der Waals surface area (Å²) in [4.78, 5) is 24.2. The standard InChI is InChI=1S/C30H36ClFN8O/c31-24-14-20(7-10-30(18-33)8-1-9-30)13-23(26(24)32)25-15-21-17-40(29(41)39-27(21)38-25)22-5-3-19(4-6-22)16-36-11-2-12-37-28(34)35/h3-6,13-15,17,36H,1-2,7-12,16,18,33H2,(H4,34,35,37)(H,38,39,41). The Balaban J connectivity index is 1.32. The molecule has 0 radical (unpaired) electrons. The van der Waals surface area contributed by atoms with E-state index in [4.69, 9.17) is 28.8 Å². The highest BCUT2D eigenvalue weighted by atomic mass is 35.5. The van der Waals surface area contributed by atoms with Crippen LogP contribution in [-0.4, -0.2) is 40.1 Å². The van der Waals surface area contributed by atoms with E-state index >= 15 is 4.39 Å². The molecule has 1 fully saturated rings. The normalized spacial score (nSPS) is 14.2. The van der Waals surface area contributed by atoms with Crippen LogP contribution in [0.2, 0.25) is 5.02 Å². The molecule has 1 saturated carbocycles. The molecule has 8 N–H and O–H groups in total. The minimum absolute atomic E-state index is 0.0717. The molecule has 2 aromatic carbocycles. The first-order valence-corrected chi connectivity index (χ1v) is 14.3. The summed E-state index contributed by atoms with van der Waals surface area (Å²) in [6.07, 6.45) is 7.75. The van der Waals surface area contributed by atoms with E-state index in [1.165, 1.54) is 11.0 Å². The second-order valence-corrected chi connectivity index (χ2v) is 11.3. The number of guanidine groups is 1. The van der Waals surface area contributed by atoms with Gasteiger partial charge in [0.25, 0.3) is 0 Å². The van der Waals surface area contributed by atoms with Crippen molar-refractivity contribution in [1.29, 1.82) is 0 Å². The quantitative estimate of drug-likeness (QED) is 0.0973. The lowest BCUT2D eigenvalue weighted by Crippen LogP contribution is -2.37. The maximum absolute atomic E-state index is 15.2. The van der Waals surface area contributed by atoms with Crippen LogP contribution in [0, 0.1) is 11.2 Å². The maximum Gasteiger partial charge on any atom is 0.354 e. The molecule has 0 bridgehead atoms. The predicted octanol–water partition coefficient (Wildman–Crippen LogP) is 3.99. The van der Waals surface area contributed by atoms with Crippen molar-refractivity contribution in [3.05, 3.63) is 81.1 Å². The second-order valence-electron chi connectivity index (χ2n) is 10.9. The van der Waals surface area contributed by atoms with Crippen LogP contribution in [-0.2, 0) is 13.0 Å². The Hall–Kier alpha value is -3.73. The number of H-pyrrole nitrogens is 1. The van der Waals surface area contributed by atoms with E-state index in [1.54, 1.807) is 18.3 Å². The minimum Gasteiger partial charge on any atom is -0.370 e. The number of rotatable bonds is 12. The van der Waals surface area contributed by atoms with Gasteiger partial charge in [-0.3, -0.25) is 9.56 Å². The first kappa shape index (κ1) is 28.8. The fraction of sp³-hybridized carbons (Fsp3) is 0.367. The zero-order valence-corrected chi connectivity index (χ0v) is 23.7. The molecule has 4 aromatic rings. The van der Waals surface area contributed by atoms with E-state index in [9.17, 15) is 4.79 Å². The van der Waals surface area contributed by atoms with Gasteiger partial charge in [0.1, 0.15) is 5.65 Å². The Labute approximate surface area is 243 Å². The summed E-state index contributed by atoms with van der Waals surface area (Å²) in [6, 6.07) is 13.0. The van der Waals surface area contributed by atoms with E-state index in [1.807, 2.05) is 30.3 Å².